The molecule has 0 unspecified atom stereocenters. The van der Waals surface area contributed by atoms with Crippen LogP contribution in [0.15, 0.2) is 0 Å². The highest BCUT2D eigenvalue weighted by molar-refractivity contribution is 5.40. The molecule has 0 aliphatic heterocycles. The molecule has 0 radical (unpaired) electrons. The van der Waals surface area contributed by atoms with Crippen LogP contribution >= 0.6 is 0 Å². The number of rotatable bonds is 3. The summed E-state index contributed by atoms with van der Waals surface area (Å²) in [5.74, 6) is 0.216. The van der Waals surface area contributed by atoms with E-state index in [2.05, 4.69) is 15.0 Å². The van der Waals surface area contributed by atoms with Gasteiger partial charge >= 0.3 is 0 Å². The second kappa shape index (κ2) is 3.83. The molecule has 0 aromatic carbocycles. The molecule has 0 aliphatic rings. The van der Waals surface area contributed by atoms with Crippen molar-refractivity contribution in [1.29, 1.82) is 0 Å². The molecular formula is C5H10N6O2. The largest absolute Gasteiger partial charge is 0.347 e. The Bertz CT molecular complexity index is 268. The lowest BCUT2D eigenvalue weighted by Crippen LogP contribution is -2.15. The van der Waals surface area contributed by atoms with Gasteiger partial charge < -0.3 is 4.90 Å². The summed E-state index contributed by atoms with van der Waals surface area (Å²) >= 11 is 0. The molecule has 0 atom stereocenters. The molecule has 8 heteroatoms. The van der Waals surface area contributed by atoms with Gasteiger partial charge in [-0.3, -0.25) is 10.4 Å². The Hall–Kier alpha value is -1.67. The van der Waals surface area contributed by atoms with Crippen LogP contribution in [0.3, 0.4) is 0 Å². The van der Waals surface area contributed by atoms with Crippen molar-refractivity contribution in [3.05, 3.63) is 0 Å². The van der Waals surface area contributed by atoms with Gasteiger partial charge in [-0.1, -0.05) is 0 Å². The van der Waals surface area contributed by atoms with E-state index in [0.29, 0.717) is 5.95 Å². The summed E-state index contributed by atoms with van der Waals surface area (Å²) in [6.45, 7) is 0. The van der Waals surface area contributed by atoms with E-state index in [4.69, 9.17) is 10.4 Å². The maximum atomic E-state index is 8.53. The van der Waals surface area contributed by atoms with Crippen LogP contribution < -0.4 is 15.9 Å². The first-order chi connectivity index (χ1) is 6.17. The molecule has 0 saturated heterocycles. The molecule has 0 bridgehead atoms. The van der Waals surface area contributed by atoms with Crippen LogP contribution in [0, 0.1) is 0 Å². The topological polar surface area (TPSA) is 106 Å². The Balaban J connectivity index is 3.07. The van der Waals surface area contributed by atoms with Gasteiger partial charge in [-0.2, -0.15) is 15.0 Å². The van der Waals surface area contributed by atoms with Crippen molar-refractivity contribution in [1.82, 2.24) is 15.0 Å². The summed E-state index contributed by atoms with van der Waals surface area (Å²) in [5.41, 5.74) is 3.51. The van der Waals surface area contributed by atoms with Crippen LogP contribution in [0.1, 0.15) is 0 Å². The summed E-state index contributed by atoms with van der Waals surface area (Å²) in [6, 6.07) is 0. The number of aromatic nitrogens is 3. The van der Waals surface area contributed by atoms with Crippen LogP contribution in [0.25, 0.3) is 0 Å². The quantitative estimate of drug-likeness (QED) is 0.470. The summed E-state index contributed by atoms with van der Waals surface area (Å²) in [4.78, 5) is 12.8. The standard InChI is InChI=1S/C5H10N6O2/c1-11(2)5-7-3(9-12)6-4(8-5)10-13/h12-13H,1-2H3,(H2,6,7,8,9,10). The van der Waals surface area contributed by atoms with Crippen molar-refractivity contribution in [3.8, 4) is 0 Å². The second-order valence-electron chi connectivity index (χ2n) is 2.40. The van der Waals surface area contributed by atoms with Crippen molar-refractivity contribution in [2.24, 2.45) is 0 Å². The minimum absolute atomic E-state index is 0.0461. The van der Waals surface area contributed by atoms with Crippen LogP contribution in [-0.4, -0.2) is 39.5 Å². The average molecular weight is 186 g/mol. The molecule has 72 valence electrons. The monoisotopic (exact) mass is 186 g/mol. The van der Waals surface area contributed by atoms with Gasteiger partial charge in [0.25, 0.3) is 11.9 Å². The predicted molar refractivity (Wildman–Crippen MR) is 45.0 cm³/mol. The van der Waals surface area contributed by atoms with E-state index in [9.17, 15) is 0 Å². The lowest BCUT2D eigenvalue weighted by atomic mass is 10.7. The summed E-state index contributed by atoms with van der Waals surface area (Å²) in [6.07, 6.45) is 0. The van der Waals surface area contributed by atoms with Crippen LogP contribution in [-0.2, 0) is 0 Å². The maximum absolute atomic E-state index is 8.53. The van der Waals surface area contributed by atoms with E-state index in [1.54, 1.807) is 30.0 Å². The zero-order valence-corrected chi connectivity index (χ0v) is 7.18. The van der Waals surface area contributed by atoms with Crippen molar-refractivity contribution in [2.75, 3.05) is 30.0 Å². The van der Waals surface area contributed by atoms with E-state index in [0.717, 1.165) is 0 Å². The van der Waals surface area contributed by atoms with E-state index >= 15 is 0 Å². The first kappa shape index (κ1) is 9.42. The average Bonchev–Trinajstić information content (AvgIpc) is 2.16. The Kier molecular flexibility index (Phi) is 2.77. The Labute approximate surface area is 74.2 Å². The van der Waals surface area contributed by atoms with Gasteiger partial charge in [-0.05, 0) is 0 Å². The van der Waals surface area contributed by atoms with Crippen molar-refractivity contribution >= 4 is 17.8 Å². The molecule has 8 nitrogen and oxygen atoms in total. The Morgan fingerprint density at radius 3 is 1.77 bits per heavy atom. The van der Waals surface area contributed by atoms with Gasteiger partial charge in [0.1, 0.15) is 0 Å². The van der Waals surface area contributed by atoms with E-state index in [1.165, 1.54) is 0 Å². The third-order valence-corrected chi connectivity index (χ3v) is 1.22. The smallest absolute Gasteiger partial charge is 0.253 e. The highest BCUT2D eigenvalue weighted by Gasteiger charge is 2.05. The van der Waals surface area contributed by atoms with Gasteiger partial charge in [0, 0.05) is 14.1 Å². The Morgan fingerprint density at radius 1 is 1.00 bits per heavy atom. The highest BCUT2D eigenvalue weighted by Crippen LogP contribution is 2.09. The molecular weight excluding hydrogens is 176 g/mol. The lowest BCUT2D eigenvalue weighted by molar-refractivity contribution is 0.375. The first-order valence-corrected chi connectivity index (χ1v) is 3.41. The van der Waals surface area contributed by atoms with Gasteiger partial charge in [0.15, 0.2) is 0 Å². The minimum atomic E-state index is -0.0461. The SMILES string of the molecule is CN(C)c1nc(NO)nc(NO)n1. The van der Waals surface area contributed by atoms with Crippen molar-refractivity contribution in [3.63, 3.8) is 0 Å². The fourth-order valence-corrected chi connectivity index (χ4v) is 0.665. The second-order valence-corrected chi connectivity index (χ2v) is 2.40. The summed E-state index contributed by atoms with van der Waals surface area (Å²) < 4.78 is 0. The molecule has 0 spiro atoms. The zero-order valence-electron chi connectivity index (χ0n) is 7.18. The number of hydrogen-bond donors (Lipinski definition) is 4. The van der Waals surface area contributed by atoms with Crippen LogP contribution in [0.2, 0.25) is 0 Å². The number of hydrogen-bond acceptors (Lipinski definition) is 8. The van der Waals surface area contributed by atoms with Gasteiger partial charge in [0.2, 0.25) is 5.95 Å². The third kappa shape index (κ3) is 2.13. The zero-order chi connectivity index (χ0) is 9.84. The van der Waals surface area contributed by atoms with Crippen LogP contribution in [0.4, 0.5) is 17.8 Å². The lowest BCUT2D eigenvalue weighted by Gasteiger charge is -2.11. The fraction of sp³-hybridized carbons (Fsp3) is 0.400. The first-order valence-electron chi connectivity index (χ1n) is 3.41. The van der Waals surface area contributed by atoms with Crippen LogP contribution in [0.5, 0.6) is 0 Å². The third-order valence-electron chi connectivity index (χ3n) is 1.22. The van der Waals surface area contributed by atoms with Crippen molar-refractivity contribution < 1.29 is 10.4 Å². The number of nitrogens with zero attached hydrogens (tertiary/aromatic N) is 4. The molecule has 1 rings (SSSR count). The molecule has 4 N–H and O–H groups in total. The molecule has 0 amide bonds. The molecule has 0 saturated carbocycles. The van der Waals surface area contributed by atoms with E-state index in [1.807, 2.05) is 0 Å². The number of anilines is 3. The molecule has 1 aromatic heterocycles. The highest BCUT2D eigenvalue weighted by atomic mass is 16.5. The summed E-state index contributed by atoms with van der Waals surface area (Å²) in [5, 5.41) is 17.1. The van der Waals surface area contributed by atoms with Gasteiger partial charge in [0.05, 0.1) is 0 Å². The van der Waals surface area contributed by atoms with Gasteiger partial charge in [-0.15, -0.1) is 0 Å². The van der Waals surface area contributed by atoms with E-state index < -0.39 is 0 Å². The predicted octanol–water partition coefficient (Wildman–Crippen LogP) is -0.460. The number of nitrogens with one attached hydrogen (secondary N) is 2. The molecule has 0 aliphatic carbocycles. The van der Waals surface area contributed by atoms with Gasteiger partial charge in [-0.25, -0.2) is 11.0 Å². The molecule has 1 heterocycles. The van der Waals surface area contributed by atoms with E-state index in [-0.39, 0.29) is 11.9 Å². The molecule has 13 heavy (non-hydrogen) atoms. The molecule has 1 aromatic rings. The Morgan fingerprint density at radius 2 is 1.46 bits per heavy atom. The fourth-order valence-electron chi connectivity index (χ4n) is 0.665. The normalized spacial score (nSPS) is 9.54. The molecule has 0 fully saturated rings. The van der Waals surface area contributed by atoms with Crippen molar-refractivity contribution in [2.45, 2.75) is 0 Å². The maximum Gasteiger partial charge on any atom is 0.253 e. The minimum Gasteiger partial charge on any atom is -0.347 e. The summed E-state index contributed by atoms with van der Waals surface area (Å²) in [7, 11) is 3.44.